The number of hydrogen-bond acceptors (Lipinski definition) is 6. The SMILES string of the molecule is O=C(CSc1nnc(-c2ccc(Br)cc2)o1)Nc1ccc(Cl)cc1C(=O)c1ccccc1. The van der Waals surface area contributed by atoms with Gasteiger partial charge in [0.1, 0.15) is 0 Å². The number of hydrogen-bond donors (Lipinski definition) is 1. The quantitative estimate of drug-likeness (QED) is 0.230. The van der Waals surface area contributed by atoms with E-state index < -0.39 is 0 Å². The Kier molecular flexibility index (Phi) is 7.04. The average Bonchev–Trinajstić information content (AvgIpc) is 3.28. The van der Waals surface area contributed by atoms with Crippen molar-refractivity contribution in [2.45, 2.75) is 5.22 Å². The molecule has 0 aliphatic carbocycles. The van der Waals surface area contributed by atoms with Gasteiger partial charge in [-0.15, -0.1) is 10.2 Å². The third-order valence-corrected chi connectivity index (χ3v) is 5.94. The highest BCUT2D eigenvalue weighted by Gasteiger charge is 2.17. The smallest absolute Gasteiger partial charge is 0.277 e. The molecule has 0 spiro atoms. The maximum absolute atomic E-state index is 12.9. The molecule has 4 rings (SSSR count). The number of ketones is 1. The Morgan fingerprint density at radius 1 is 1.00 bits per heavy atom. The summed E-state index contributed by atoms with van der Waals surface area (Å²) in [5, 5.41) is 11.4. The minimum Gasteiger partial charge on any atom is -0.411 e. The number of carbonyl (C=O) groups excluding carboxylic acids is 2. The second-order valence-corrected chi connectivity index (χ2v) is 8.88. The lowest BCUT2D eigenvalue weighted by molar-refractivity contribution is -0.113. The molecule has 0 aliphatic heterocycles. The number of carbonyl (C=O) groups is 2. The molecule has 0 unspecified atom stereocenters. The monoisotopic (exact) mass is 527 g/mol. The molecule has 0 bridgehead atoms. The van der Waals surface area contributed by atoms with E-state index >= 15 is 0 Å². The van der Waals surface area contributed by atoms with Crippen LogP contribution in [0, 0.1) is 0 Å². The van der Waals surface area contributed by atoms with Crippen molar-refractivity contribution in [3.63, 3.8) is 0 Å². The largest absolute Gasteiger partial charge is 0.411 e. The Balaban J connectivity index is 1.43. The van der Waals surface area contributed by atoms with Crippen LogP contribution >= 0.6 is 39.3 Å². The molecule has 0 radical (unpaired) electrons. The first-order valence-electron chi connectivity index (χ1n) is 9.41. The molecule has 9 heteroatoms. The lowest BCUT2D eigenvalue weighted by atomic mass is 10.0. The van der Waals surface area contributed by atoms with Crippen molar-refractivity contribution in [2.24, 2.45) is 0 Å². The van der Waals surface area contributed by atoms with Crippen molar-refractivity contribution in [1.82, 2.24) is 10.2 Å². The van der Waals surface area contributed by atoms with Gasteiger partial charge in [0.05, 0.1) is 11.4 Å². The van der Waals surface area contributed by atoms with Gasteiger partial charge in [0.25, 0.3) is 5.22 Å². The van der Waals surface area contributed by atoms with E-state index in [9.17, 15) is 9.59 Å². The van der Waals surface area contributed by atoms with E-state index in [0.29, 0.717) is 27.7 Å². The van der Waals surface area contributed by atoms with Crippen LogP contribution in [-0.4, -0.2) is 27.6 Å². The highest BCUT2D eigenvalue weighted by atomic mass is 79.9. The molecule has 32 heavy (non-hydrogen) atoms. The van der Waals surface area contributed by atoms with Gasteiger partial charge >= 0.3 is 0 Å². The first kappa shape index (κ1) is 22.3. The Morgan fingerprint density at radius 3 is 2.50 bits per heavy atom. The van der Waals surface area contributed by atoms with E-state index in [2.05, 4.69) is 31.4 Å². The van der Waals surface area contributed by atoms with Gasteiger partial charge in [-0.2, -0.15) is 0 Å². The van der Waals surface area contributed by atoms with Crippen LogP contribution in [0.3, 0.4) is 0 Å². The first-order chi connectivity index (χ1) is 15.5. The van der Waals surface area contributed by atoms with Crippen LogP contribution in [0.5, 0.6) is 0 Å². The fraction of sp³-hybridized carbons (Fsp3) is 0.0435. The zero-order chi connectivity index (χ0) is 22.5. The summed E-state index contributed by atoms with van der Waals surface area (Å²) in [5.41, 5.74) is 1.99. The number of anilines is 1. The third kappa shape index (κ3) is 5.45. The van der Waals surface area contributed by atoms with Crippen molar-refractivity contribution < 1.29 is 14.0 Å². The number of halogens is 2. The number of nitrogens with one attached hydrogen (secondary N) is 1. The third-order valence-electron chi connectivity index (χ3n) is 4.36. The minimum atomic E-state index is -0.317. The standard InChI is InChI=1S/C23H15BrClN3O3S/c24-16-8-6-15(7-9-16)22-27-28-23(31-22)32-13-20(29)26-19-11-10-17(25)12-18(19)21(30)14-4-2-1-3-5-14/h1-12H,13H2,(H,26,29). The van der Waals surface area contributed by atoms with Crippen molar-refractivity contribution in [1.29, 1.82) is 0 Å². The van der Waals surface area contributed by atoms with Gasteiger partial charge in [-0.3, -0.25) is 9.59 Å². The van der Waals surface area contributed by atoms with Crippen LogP contribution in [0.4, 0.5) is 5.69 Å². The van der Waals surface area contributed by atoms with Gasteiger partial charge in [-0.1, -0.05) is 69.6 Å². The minimum absolute atomic E-state index is 0.0313. The molecule has 160 valence electrons. The summed E-state index contributed by atoms with van der Waals surface area (Å²) < 4.78 is 6.56. The molecule has 1 heterocycles. The second-order valence-electron chi connectivity index (χ2n) is 6.60. The maximum atomic E-state index is 12.9. The number of aromatic nitrogens is 2. The summed E-state index contributed by atoms with van der Waals surface area (Å²) in [4.78, 5) is 25.4. The summed E-state index contributed by atoms with van der Waals surface area (Å²) in [6, 6.07) is 21.0. The van der Waals surface area contributed by atoms with Crippen molar-refractivity contribution >= 4 is 56.7 Å². The normalized spacial score (nSPS) is 10.7. The molecule has 0 saturated carbocycles. The highest BCUT2D eigenvalue weighted by Crippen LogP contribution is 2.26. The van der Waals surface area contributed by atoms with E-state index in [1.165, 1.54) is 0 Å². The van der Waals surface area contributed by atoms with Gasteiger partial charge < -0.3 is 9.73 Å². The fourth-order valence-corrected chi connectivity index (χ4v) is 3.85. The molecule has 3 aromatic carbocycles. The highest BCUT2D eigenvalue weighted by molar-refractivity contribution is 9.10. The zero-order valence-corrected chi connectivity index (χ0v) is 19.6. The predicted molar refractivity (Wildman–Crippen MR) is 128 cm³/mol. The summed E-state index contributed by atoms with van der Waals surface area (Å²) in [6.07, 6.45) is 0. The predicted octanol–water partition coefficient (Wildman–Crippen LogP) is 6.11. The number of nitrogens with zero attached hydrogens (tertiary/aromatic N) is 2. The summed E-state index contributed by atoms with van der Waals surface area (Å²) in [6.45, 7) is 0. The molecule has 4 aromatic rings. The van der Waals surface area contributed by atoms with Gasteiger partial charge in [0, 0.05) is 26.2 Å². The summed E-state index contributed by atoms with van der Waals surface area (Å²) in [7, 11) is 0. The van der Waals surface area contributed by atoms with Gasteiger partial charge in [0.15, 0.2) is 5.78 Å². The Bertz CT molecular complexity index is 1260. The molecule has 6 nitrogen and oxygen atoms in total. The van der Waals surface area contributed by atoms with Crippen LogP contribution in [0.25, 0.3) is 11.5 Å². The van der Waals surface area contributed by atoms with E-state index in [1.807, 2.05) is 30.3 Å². The lowest BCUT2D eigenvalue weighted by Crippen LogP contribution is -2.17. The second kappa shape index (κ2) is 10.1. The van der Waals surface area contributed by atoms with Crippen molar-refractivity contribution in [2.75, 3.05) is 11.1 Å². The molecule has 0 fully saturated rings. The van der Waals surface area contributed by atoms with E-state index in [4.69, 9.17) is 16.0 Å². The zero-order valence-electron chi connectivity index (χ0n) is 16.4. The lowest BCUT2D eigenvalue weighted by Gasteiger charge is -2.11. The van der Waals surface area contributed by atoms with Crippen molar-refractivity contribution in [3.05, 3.63) is 93.4 Å². The van der Waals surface area contributed by atoms with Crippen molar-refractivity contribution in [3.8, 4) is 11.5 Å². The van der Waals surface area contributed by atoms with Crippen LogP contribution in [0.15, 0.2) is 86.9 Å². The molecule has 1 amide bonds. The number of amides is 1. The number of benzene rings is 3. The molecular formula is C23H15BrClN3O3S. The van der Waals surface area contributed by atoms with E-state index in [0.717, 1.165) is 21.8 Å². The van der Waals surface area contributed by atoms with Crippen LogP contribution < -0.4 is 5.32 Å². The summed E-state index contributed by atoms with van der Waals surface area (Å²) >= 11 is 10.6. The number of thioether (sulfide) groups is 1. The van der Waals surface area contributed by atoms with E-state index in [1.54, 1.807) is 42.5 Å². The maximum Gasteiger partial charge on any atom is 0.277 e. The van der Waals surface area contributed by atoms with Gasteiger partial charge in [-0.25, -0.2) is 0 Å². The molecule has 0 saturated heterocycles. The molecule has 0 atom stereocenters. The average molecular weight is 529 g/mol. The molecule has 1 N–H and O–H groups in total. The first-order valence-corrected chi connectivity index (χ1v) is 11.6. The molecule has 1 aromatic heterocycles. The number of rotatable bonds is 7. The van der Waals surface area contributed by atoms with Crippen LogP contribution in [-0.2, 0) is 4.79 Å². The fourth-order valence-electron chi connectivity index (χ4n) is 2.85. The Hall–Kier alpha value is -2.94. The van der Waals surface area contributed by atoms with Gasteiger partial charge in [0.2, 0.25) is 11.8 Å². The van der Waals surface area contributed by atoms with E-state index in [-0.39, 0.29) is 22.7 Å². The summed E-state index contributed by atoms with van der Waals surface area (Å²) in [5.74, 6) is -0.146. The van der Waals surface area contributed by atoms with Gasteiger partial charge in [-0.05, 0) is 42.5 Å². The molecule has 0 aliphatic rings. The molecular weight excluding hydrogens is 514 g/mol. The topological polar surface area (TPSA) is 85.1 Å². The Labute approximate surface area is 201 Å². The Morgan fingerprint density at radius 2 is 1.75 bits per heavy atom. The van der Waals surface area contributed by atoms with Crippen LogP contribution in [0.2, 0.25) is 5.02 Å². The van der Waals surface area contributed by atoms with Crippen LogP contribution in [0.1, 0.15) is 15.9 Å².